The maximum absolute atomic E-state index is 13.4. The Morgan fingerprint density at radius 1 is 1.12 bits per heavy atom. The van der Waals surface area contributed by atoms with Gasteiger partial charge in [-0.25, -0.2) is 0 Å². The van der Waals surface area contributed by atoms with Crippen molar-refractivity contribution in [3.8, 4) is 0 Å². The van der Waals surface area contributed by atoms with Gasteiger partial charge in [-0.15, -0.1) is 0 Å². The molecular formula is C18H23F3N2O3. The van der Waals surface area contributed by atoms with Crippen LogP contribution in [0.3, 0.4) is 0 Å². The lowest BCUT2D eigenvalue weighted by atomic mass is 9.78. The summed E-state index contributed by atoms with van der Waals surface area (Å²) in [6, 6.07) is 0. The number of nitrogens with zero attached hydrogens (tertiary/aromatic N) is 1. The van der Waals surface area contributed by atoms with E-state index in [-0.39, 0.29) is 5.88 Å². The summed E-state index contributed by atoms with van der Waals surface area (Å²) in [5.41, 5.74) is 1.54. The fourth-order valence-electron chi connectivity index (χ4n) is 4.84. The first-order chi connectivity index (χ1) is 12.4. The maximum Gasteiger partial charge on any atom is 0.395 e. The molecule has 0 radical (unpaired) electrons. The summed E-state index contributed by atoms with van der Waals surface area (Å²) >= 11 is 0. The first kappa shape index (κ1) is 17.8. The van der Waals surface area contributed by atoms with Crippen molar-refractivity contribution in [1.29, 1.82) is 0 Å². The Kier molecular flexibility index (Phi) is 4.49. The van der Waals surface area contributed by atoms with Crippen LogP contribution in [0.1, 0.15) is 62.1 Å². The molecule has 1 amide bonds. The highest BCUT2D eigenvalue weighted by molar-refractivity contribution is 5.93. The van der Waals surface area contributed by atoms with Crippen molar-refractivity contribution in [3.05, 3.63) is 11.3 Å². The van der Waals surface area contributed by atoms with Gasteiger partial charge in [-0.05, 0) is 32.6 Å². The third-order valence-corrected chi connectivity index (χ3v) is 6.14. The number of carbonyl (C=O) groups excluding carboxylic acids is 1. The van der Waals surface area contributed by atoms with Gasteiger partial charge >= 0.3 is 6.18 Å². The molecule has 0 unspecified atom stereocenters. The number of rotatable bonds is 3. The molecule has 1 aromatic heterocycles. The molecule has 3 aliphatic rings. The summed E-state index contributed by atoms with van der Waals surface area (Å²) in [5.74, 6) is -3.20. The van der Waals surface area contributed by atoms with Crippen molar-refractivity contribution in [2.24, 2.45) is 11.8 Å². The van der Waals surface area contributed by atoms with E-state index in [0.29, 0.717) is 18.8 Å². The number of amides is 1. The highest BCUT2D eigenvalue weighted by Gasteiger charge is 2.62. The monoisotopic (exact) mass is 372 g/mol. The average Bonchev–Trinajstić information content (AvgIpc) is 3.30. The molecule has 1 N–H and O–H groups in total. The normalized spacial score (nSPS) is 32.2. The quantitative estimate of drug-likeness (QED) is 0.858. The Balaban J connectivity index is 1.50. The van der Waals surface area contributed by atoms with Crippen LogP contribution in [-0.4, -0.2) is 29.4 Å². The average molecular weight is 372 g/mol. The van der Waals surface area contributed by atoms with E-state index in [4.69, 9.17) is 9.26 Å². The third-order valence-electron chi connectivity index (χ3n) is 6.14. The lowest BCUT2D eigenvalue weighted by molar-refractivity contribution is -0.196. The number of carbonyl (C=O) groups is 1. The van der Waals surface area contributed by atoms with Gasteiger partial charge < -0.3 is 9.26 Å². The van der Waals surface area contributed by atoms with Gasteiger partial charge in [0.05, 0.1) is 29.7 Å². The molecule has 3 heterocycles. The second-order valence-electron chi connectivity index (χ2n) is 7.73. The molecule has 4 rings (SSSR count). The van der Waals surface area contributed by atoms with Crippen molar-refractivity contribution in [2.75, 3.05) is 5.32 Å². The molecular weight excluding hydrogens is 349 g/mol. The molecule has 1 aromatic rings. The zero-order chi connectivity index (χ0) is 18.5. The van der Waals surface area contributed by atoms with E-state index in [2.05, 4.69) is 10.5 Å². The highest BCUT2D eigenvalue weighted by atomic mass is 19.4. The molecule has 3 fully saturated rings. The van der Waals surface area contributed by atoms with Crippen molar-refractivity contribution < 1.29 is 27.2 Å². The van der Waals surface area contributed by atoms with Gasteiger partial charge in [0.2, 0.25) is 11.8 Å². The summed E-state index contributed by atoms with van der Waals surface area (Å²) in [5, 5.41) is 6.64. The predicted octanol–water partition coefficient (Wildman–Crippen LogP) is 4.33. The number of alkyl halides is 3. The van der Waals surface area contributed by atoms with Crippen LogP contribution in [-0.2, 0) is 9.53 Å². The Morgan fingerprint density at radius 3 is 2.50 bits per heavy atom. The van der Waals surface area contributed by atoms with Crippen LogP contribution in [0, 0.1) is 18.8 Å². The number of nitrogens with one attached hydrogen (secondary N) is 1. The van der Waals surface area contributed by atoms with Crippen LogP contribution in [0.4, 0.5) is 19.1 Å². The van der Waals surface area contributed by atoms with E-state index in [9.17, 15) is 18.0 Å². The van der Waals surface area contributed by atoms with E-state index in [1.165, 1.54) is 6.42 Å². The van der Waals surface area contributed by atoms with Gasteiger partial charge in [-0.3, -0.25) is 10.1 Å². The molecule has 0 spiro atoms. The minimum atomic E-state index is -4.45. The Labute approximate surface area is 149 Å². The summed E-state index contributed by atoms with van der Waals surface area (Å²) in [7, 11) is 0. The SMILES string of the molecule is Cc1c(C2CCCCC2)noc1NC(=O)[C@@H]1[C@H](C(F)(F)F)[C@H]2CC[C@H]1O2. The molecule has 4 atom stereocenters. The van der Waals surface area contributed by atoms with Gasteiger partial charge in [-0.2, -0.15) is 13.2 Å². The Bertz CT molecular complexity index is 682. The van der Waals surface area contributed by atoms with Gasteiger partial charge in [0.25, 0.3) is 0 Å². The van der Waals surface area contributed by atoms with Crippen LogP contribution in [0.5, 0.6) is 0 Å². The number of aromatic nitrogens is 1. The molecule has 1 saturated carbocycles. The molecule has 5 nitrogen and oxygen atoms in total. The van der Waals surface area contributed by atoms with Crippen molar-refractivity contribution in [1.82, 2.24) is 5.16 Å². The topological polar surface area (TPSA) is 64.4 Å². The van der Waals surface area contributed by atoms with Crippen LogP contribution in [0.15, 0.2) is 4.52 Å². The van der Waals surface area contributed by atoms with Gasteiger partial charge in [0.1, 0.15) is 0 Å². The number of ether oxygens (including phenoxy) is 1. The molecule has 8 heteroatoms. The Hall–Kier alpha value is -1.57. The molecule has 2 aliphatic heterocycles. The van der Waals surface area contributed by atoms with Crippen LogP contribution in [0.2, 0.25) is 0 Å². The van der Waals surface area contributed by atoms with E-state index in [1.54, 1.807) is 6.92 Å². The fourth-order valence-corrected chi connectivity index (χ4v) is 4.84. The van der Waals surface area contributed by atoms with Gasteiger partial charge in [0.15, 0.2) is 0 Å². The van der Waals surface area contributed by atoms with Crippen molar-refractivity contribution in [3.63, 3.8) is 0 Å². The maximum atomic E-state index is 13.4. The molecule has 2 bridgehead atoms. The Morgan fingerprint density at radius 2 is 1.81 bits per heavy atom. The highest BCUT2D eigenvalue weighted by Crippen LogP contribution is 2.51. The summed E-state index contributed by atoms with van der Waals surface area (Å²) in [6.07, 6.45) is 0.323. The lowest BCUT2D eigenvalue weighted by Gasteiger charge is -2.28. The number of halogens is 3. The second kappa shape index (κ2) is 6.55. The summed E-state index contributed by atoms with van der Waals surface area (Å²) < 4.78 is 50.9. The zero-order valence-electron chi connectivity index (χ0n) is 14.6. The number of hydrogen-bond acceptors (Lipinski definition) is 4. The van der Waals surface area contributed by atoms with Gasteiger partial charge in [0, 0.05) is 11.5 Å². The molecule has 1 aliphatic carbocycles. The first-order valence-electron chi connectivity index (χ1n) is 9.35. The van der Waals surface area contributed by atoms with E-state index < -0.39 is 36.1 Å². The van der Waals surface area contributed by atoms with Crippen molar-refractivity contribution in [2.45, 2.75) is 76.2 Å². The fraction of sp³-hybridized carbons (Fsp3) is 0.778. The molecule has 26 heavy (non-hydrogen) atoms. The minimum absolute atomic E-state index is 0.166. The van der Waals surface area contributed by atoms with Gasteiger partial charge in [-0.1, -0.05) is 24.4 Å². The minimum Gasteiger partial charge on any atom is -0.373 e. The van der Waals surface area contributed by atoms with E-state index in [0.717, 1.165) is 36.9 Å². The standard InChI is InChI=1S/C18H23F3N2O3/c1-9-15(10-5-3-2-4-6-10)23-26-17(9)22-16(24)13-11-7-8-12(25-11)14(13)18(19,20)21/h10-14H,2-8H2,1H3,(H,22,24)/t11-,12-,13+,14-/m1/s1. The molecule has 144 valence electrons. The third kappa shape index (κ3) is 3.02. The lowest BCUT2D eigenvalue weighted by Crippen LogP contribution is -2.44. The zero-order valence-corrected chi connectivity index (χ0v) is 14.6. The van der Waals surface area contributed by atoms with Crippen LogP contribution in [0.25, 0.3) is 0 Å². The van der Waals surface area contributed by atoms with Crippen LogP contribution < -0.4 is 5.32 Å². The number of hydrogen-bond donors (Lipinski definition) is 1. The first-order valence-corrected chi connectivity index (χ1v) is 9.35. The summed E-state index contributed by atoms with van der Waals surface area (Å²) in [6.45, 7) is 1.80. The number of fused-ring (bicyclic) bond motifs is 2. The van der Waals surface area contributed by atoms with E-state index in [1.807, 2.05) is 0 Å². The van der Waals surface area contributed by atoms with Crippen molar-refractivity contribution >= 4 is 11.8 Å². The molecule has 0 aromatic carbocycles. The van der Waals surface area contributed by atoms with E-state index >= 15 is 0 Å². The molecule has 2 saturated heterocycles. The number of anilines is 1. The van der Waals surface area contributed by atoms with Crippen LogP contribution >= 0.6 is 0 Å². The largest absolute Gasteiger partial charge is 0.395 e. The smallest absolute Gasteiger partial charge is 0.373 e. The predicted molar refractivity (Wildman–Crippen MR) is 86.6 cm³/mol. The second-order valence-corrected chi connectivity index (χ2v) is 7.73. The summed E-state index contributed by atoms with van der Waals surface area (Å²) in [4.78, 5) is 12.6.